The molecule has 2 aromatic carbocycles. The second-order valence-corrected chi connectivity index (χ2v) is 6.32. The molecular formula is C17H14F3NO2S. The predicted molar refractivity (Wildman–Crippen MR) is 86.4 cm³/mol. The Morgan fingerprint density at radius 1 is 1.17 bits per heavy atom. The highest BCUT2D eigenvalue weighted by molar-refractivity contribution is 7.99. The van der Waals surface area contributed by atoms with Gasteiger partial charge in [-0.25, -0.2) is 0 Å². The van der Waals surface area contributed by atoms with Crippen LogP contribution in [0.25, 0.3) is 0 Å². The van der Waals surface area contributed by atoms with Crippen molar-refractivity contribution in [2.24, 2.45) is 0 Å². The maximum absolute atomic E-state index is 12.4. The zero-order valence-corrected chi connectivity index (χ0v) is 13.3. The first-order valence-corrected chi connectivity index (χ1v) is 8.25. The number of thioether (sulfide) groups is 1. The summed E-state index contributed by atoms with van der Waals surface area (Å²) in [7, 11) is 0. The van der Waals surface area contributed by atoms with E-state index in [1.807, 2.05) is 18.2 Å². The standard InChI is InChI=1S/C17H14F3NO2S/c18-17(19,20)10-24-15-8-4-2-6-12(15)21-16(22)14-9-11-5-1-3-7-13(11)23-14/h1-8,14H,9-10H2,(H,21,22)/t14-/m1/s1. The van der Waals surface area contributed by atoms with Crippen molar-refractivity contribution in [3.05, 3.63) is 54.1 Å². The number of alkyl halides is 3. The maximum Gasteiger partial charge on any atom is 0.398 e. The summed E-state index contributed by atoms with van der Waals surface area (Å²) in [5.74, 6) is -0.714. The number of fused-ring (bicyclic) bond motifs is 1. The van der Waals surface area contributed by atoms with Crippen LogP contribution in [0.2, 0.25) is 0 Å². The van der Waals surface area contributed by atoms with Gasteiger partial charge in [-0.15, -0.1) is 11.8 Å². The van der Waals surface area contributed by atoms with Gasteiger partial charge in [-0.3, -0.25) is 4.79 Å². The molecule has 0 aliphatic carbocycles. The van der Waals surface area contributed by atoms with E-state index in [0.29, 0.717) is 34.5 Å². The predicted octanol–water partition coefficient (Wildman–Crippen LogP) is 4.28. The molecule has 1 aliphatic rings. The molecule has 126 valence electrons. The minimum Gasteiger partial charge on any atom is -0.480 e. The summed E-state index contributed by atoms with van der Waals surface area (Å²) in [6.07, 6.45) is -4.50. The minimum atomic E-state index is -4.27. The van der Waals surface area contributed by atoms with E-state index in [4.69, 9.17) is 4.74 Å². The van der Waals surface area contributed by atoms with Crippen LogP contribution >= 0.6 is 11.8 Å². The van der Waals surface area contributed by atoms with Crippen LogP contribution in [0.4, 0.5) is 18.9 Å². The summed E-state index contributed by atoms with van der Waals surface area (Å²) in [6.45, 7) is 0. The number of carbonyl (C=O) groups excluding carboxylic acids is 1. The summed E-state index contributed by atoms with van der Waals surface area (Å²) >= 11 is 0.645. The monoisotopic (exact) mass is 353 g/mol. The highest BCUT2D eigenvalue weighted by Crippen LogP contribution is 2.33. The van der Waals surface area contributed by atoms with Gasteiger partial charge in [0.05, 0.1) is 11.4 Å². The third-order valence-electron chi connectivity index (χ3n) is 3.48. The number of nitrogens with one attached hydrogen (secondary N) is 1. The van der Waals surface area contributed by atoms with Gasteiger partial charge in [-0.1, -0.05) is 30.3 Å². The highest BCUT2D eigenvalue weighted by Gasteiger charge is 2.30. The smallest absolute Gasteiger partial charge is 0.398 e. The first-order valence-electron chi connectivity index (χ1n) is 7.26. The second-order valence-electron chi connectivity index (χ2n) is 5.31. The third kappa shape index (κ3) is 4.03. The van der Waals surface area contributed by atoms with Gasteiger partial charge in [0.15, 0.2) is 6.10 Å². The maximum atomic E-state index is 12.4. The van der Waals surface area contributed by atoms with Crippen LogP contribution in [0.15, 0.2) is 53.4 Å². The van der Waals surface area contributed by atoms with Gasteiger partial charge in [0.2, 0.25) is 0 Å². The molecule has 1 amide bonds. The number of para-hydroxylation sites is 2. The fourth-order valence-corrected chi connectivity index (χ4v) is 3.17. The molecule has 0 saturated carbocycles. The number of hydrogen-bond acceptors (Lipinski definition) is 3. The van der Waals surface area contributed by atoms with Crippen LogP contribution < -0.4 is 10.1 Å². The Bertz CT molecular complexity index is 724. The lowest BCUT2D eigenvalue weighted by molar-refractivity contribution is -0.122. The third-order valence-corrected chi connectivity index (χ3v) is 4.61. The van der Waals surface area contributed by atoms with Crippen molar-refractivity contribution in [3.63, 3.8) is 0 Å². The SMILES string of the molecule is O=C(Nc1ccccc1SCC(F)(F)F)[C@H]1Cc2ccccc2O1. The van der Waals surface area contributed by atoms with Crippen LogP contribution in [0.3, 0.4) is 0 Å². The Hall–Kier alpha value is -2.15. The normalized spacial score (nSPS) is 16.4. The number of hydrogen-bond donors (Lipinski definition) is 1. The summed E-state index contributed by atoms with van der Waals surface area (Å²) in [5, 5.41) is 2.67. The Kier molecular flexibility index (Phi) is 4.71. The average molecular weight is 353 g/mol. The van der Waals surface area contributed by atoms with E-state index in [-0.39, 0.29) is 5.91 Å². The number of rotatable bonds is 4. The van der Waals surface area contributed by atoms with E-state index in [0.717, 1.165) is 5.56 Å². The van der Waals surface area contributed by atoms with Crippen molar-refractivity contribution >= 4 is 23.4 Å². The molecule has 0 saturated heterocycles. The molecule has 1 atom stereocenters. The van der Waals surface area contributed by atoms with Crippen LogP contribution in [-0.2, 0) is 11.2 Å². The van der Waals surface area contributed by atoms with Crippen LogP contribution in [0.5, 0.6) is 5.75 Å². The van der Waals surface area contributed by atoms with Gasteiger partial charge in [0.25, 0.3) is 5.91 Å². The molecule has 7 heteroatoms. The summed E-state index contributed by atoms with van der Waals surface area (Å²) < 4.78 is 42.8. The topological polar surface area (TPSA) is 38.3 Å². The number of ether oxygens (including phenoxy) is 1. The molecule has 3 rings (SSSR count). The Morgan fingerprint density at radius 3 is 2.62 bits per heavy atom. The fraction of sp³-hybridized carbons (Fsp3) is 0.235. The van der Waals surface area contributed by atoms with Crippen LogP contribution in [0, 0.1) is 0 Å². The summed E-state index contributed by atoms with van der Waals surface area (Å²) in [5.41, 5.74) is 1.30. The number of anilines is 1. The number of amides is 1. The molecule has 0 radical (unpaired) electrons. The lowest BCUT2D eigenvalue weighted by Crippen LogP contribution is -2.31. The van der Waals surface area contributed by atoms with Crippen molar-refractivity contribution < 1.29 is 22.7 Å². The van der Waals surface area contributed by atoms with Crippen molar-refractivity contribution in [1.29, 1.82) is 0 Å². The zero-order valence-electron chi connectivity index (χ0n) is 12.5. The van der Waals surface area contributed by atoms with Gasteiger partial charge in [0, 0.05) is 11.3 Å². The van der Waals surface area contributed by atoms with Crippen molar-refractivity contribution in [1.82, 2.24) is 0 Å². The lowest BCUT2D eigenvalue weighted by atomic mass is 10.1. The minimum absolute atomic E-state index is 0.358. The Labute approximate surface area is 141 Å². The molecule has 0 bridgehead atoms. The largest absolute Gasteiger partial charge is 0.480 e. The fourth-order valence-electron chi connectivity index (χ4n) is 2.40. The molecular weight excluding hydrogens is 339 g/mol. The molecule has 1 N–H and O–H groups in total. The molecule has 0 aromatic heterocycles. The van der Waals surface area contributed by atoms with Crippen LogP contribution in [0.1, 0.15) is 5.56 Å². The number of carbonyl (C=O) groups is 1. The first kappa shape index (κ1) is 16.7. The van der Waals surface area contributed by atoms with Gasteiger partial charge in [-0.05, 0) is 23.8 Å². The number of halogens is 3. The molecule has 1 heterocycles. The van der Waals surface area contributed by atoms with E-state index in [2.05, 4.69) is 5.32 Å². The van der Waals surface area contributed by atoms with Crippen molar-refractivity contribution in [2.45, 2.75) is 23.6 Å². The molecule has 0 fully saturated rings. The van der Waals surface area contributed by atoms with E-state index < -0.39 is 18.0 Å². The molecule has 3 nitrogen and oxygen atoms in total. The van der Waals surface area contributed by atoms with Gasteiger partial charge >= 0.3 is 6.18 Å². The van der Waals surface area contributed by atoms with E-state index in [9.17, 15) is 18.0 Å². The second kappa shape index (κ2) is 6.76. The van der Waals surface area contributed by atoms with Crippen molar-refractivity contribution in [3.8, 4) is 5.75 Å². The quantitative estimate of drug-likeness (QED) is 0.834. The summed E-state index contributed by atoms with van der Waals surface area (Å²) in [6, 6.07) is 13.8. The van der Waals surface area contributed by atoms with Gasteiger partial charge in [-0.2, -0.15) is 13.2 Å². The number of benzene rings is 2. The molecule has 24 heavy (non-hydrogen) atoms. The lowest BCUT2D eigenvalue weighted by Gasteiger charge is -2.14. The Morgan fingerprint density at radius 2 is 1.88 bits per heavy atom. The first-order chi connectivity index (χ1) is 11.4. The van der Waals surface area contributed by atoms with E-state index in [1.165, 1.54) is 0 Å². The molecule has 0 spiro atoms. The van der Waals surface area contributed by atoms with Gasteiger partial charge < -0.3 is 10.1 Å². The van der Waals surface area contributed by atoms with E-state index >= 15 is 0 Å². The van der Waals surface area contributed by atoms with Crippen LogP contribution in [-0.4, -0.2) is 23.9 Å². The average Bonchev–Trinajstić information content (AvgIpc) is 2.97. The molecule has 1 aliphatic heterocycles. The Balaban J connectivity index is 1.67. The zero-order chi connectivity index (χ0) is 17.2. The highest BCUT2D eigenvalue weighted by atomic mass is 32.2. The molecule has 2 aromatic rings. The van der Waals surface area contributed by atoms with Crippen molar-refractivity contribution in [2.75, 3.05) is 11.1 Å². The molecule has 0 unspecified atom stereocenters. The van der Waals surface area contributed by atoms with Gasteiger partial charge in [0.1, 0.15) is 5.75 Å². The summed E-state index contributed by atoms with van der Waals surface area (Å²) in [4.78, 5) is 12.7. The van der Waals surface area contributed by atoms with E-state index in [1.54, 1.807) is 30.3 Å².